The van der Waals surface area contributed by atoms with Crippen LogP contribution in [0.25, 0.3) is 0 Å². The summed E-state index contributed by atoms with van der Waals surface area (Å²) >= 11 is 5.49. The minimum atomic E-state index is -4.64. The fourth-order valence-corrected chi connectivity index (χ4v) is 1.43. The van der Waals surface area contributed by atoms with Gasteiger partial charge in [0, 0.05) is 11.9 Å². The molecule has 1 aromatic carbocycles. The van der Waals surface area contributed by atoms with E-state index in [1.807, 2.05) is 0 Å². The third-order valence-corrected chi connectivity index (χ3v) is 2.29. The Morgan fingerprint density at radius 3 is 2.47 bits per heavy atom. The summed E-state index contributed by atoms with van der Waals surface area (Å²) in [7, 11) is 0. The lowest BCUT2D eigenvalue weighted by atomic mass is 10.1. The summed E-state index contributed by atoms with van der Waals surface area (Å²) in [6.45, 7) is 0.784. The van der Waals surface area contributed by atoms with Gasteiger partial charge < -0.3 is 10.6 Å². The maximum Gasteiger partial charge on any atom is 0.418 e. The van der Waals surface area contributed by atoms with Gasteiger partial charge in [-0.25, -0.2) is 0 Å². The van der Waals surface area contributed by atoms with Crippen LogP contribution in [0.2, 0.25) is 5.02 Å². The number of carbonyl (C=O) groups excluding carboxylic acids is 2. The molecule has 0 aliphatic heterocycles. The van der Waals surface area contributed by atoms with Crippen LogP contribution in [0.5, 0.6) is 0 Å². The summed E-state index contributed by atoms with van der Waals surface area (Å²) in [6.07, 6.45) is -4.64. The van der Waals surface area contributed by atoms with E-state index in [-0.39, 0.29) is 5.02 Å². The molecule has 0 saturated heterocycles. The fourth-order valence-electron chi connectivity index (χ4n) is 1.26. The van der Waals surface area contributed by atoms with Gasteiger partial charge in [-0.2, -0.15) is 13.2 Å². The highest BCUT2D eigenvalue weighted by Gasteiger charge is 2.34. The van der Waals surface area contributed by atoms with E-state index in [2.05, 4.69) is 10.6 Å². The molecule has 8 heteroatoms. The number of rotatable bonds is 3. The van der Waals surface area contributed by atoms with Crippen molar-refractivity contribution in [3.05, 3.63) is 28.8 Å². The van der Waals surface area contributed by atoms with Gasteiger partial charge in [-0.3, -0.25) is 9.59 Å². The zero-order valence-corrected chi connectivity index (χ0v) is 10.5. The summed E-state index contributed by atoms with van der Waals surface area (Å²) in [5.41, 5.74) is -1.46. The van der Waals surface area contributed by atoms with Crippen LogP contribution < -0.4 is 10.6 Å². The van der Waals surface area contributed by atoms with Crippen molar-refractivity contribution in [3.8, 4) is 0 Å². The third-order valence-electron chi connectivity index (χ3n) is 2.06. The molecule has 0 unspecified atom stereocenters. The van der Waals surface area contributed by atoms with Gasteiger partial charge in [-0.1, -0.05) is 11.6 Å². The average molecular weight is 295 g/mol. The van der Waals surface area contributed by atoms with Gasteiger partial charge in [0.05, 0.1) is 17.8 Å². The number of carbonyl (C=O) groups is 2. The summed E-state index contributed by atoms with van der Waals surface area (Å²) < 4.78 is 38.1. The van der Waals surface area contributed by atoms with Gasteiger partial charge in [0.1, 0.15) is 0 Å². The second kappa shape index (κ2) is 5.92. The first-order chi connectivity index (χ1) is 8.70. The molecular weight excluding hydrogens is 285 g/mol. The van der Waals surface area contributed by atoms with Crippen molar-refractivity contribution in [3.63, 3.8) is 0 Å². The number of amides is 2. The van der Waals surface area contributed by atoms with Gasteiger partial charge in [0.25, 0.3) is 0 Å². The van der Waals surface area contributed by atoms with Crippen LogP contribution in [-0.4, -0.2) is 18.4 Å². The van der Waals surface area contributed by atoms with E-state index >= 15 is 0 Å². The minimum Gasteiger partial charge on any atom is -0.347 e. The SMILES string of the molecule is CC(=O)NCC(=O)Nc1ccc(Cl)cc1C(F)(F)F. The molecular formula is C11H10ClF3N2O2. The molecule has 2 N–H and O–H groups in total. The van der Waals surface area contributed by atoms with E-state index in [1.54, 1.807) is 0 Å². The van der Waals surface area contributed by atoms with Crippen LogP contribution in [-0.2, 0) is 15.8 Å². The standard InChI is InChI=1S/C11H10ClF3N2O2/c1-6(18)16-5-10(19)17-9-3-2-7(12)4-8(9)11(13,14)15/h2-4H,5H2,1H3,(H,16,18)(H,17,19). The van der Waals surface area contributed by atoms with Gasteiger partial charge in [0.15, 0.2) is 0 Å². The third kappa shape index (κ3) is 4.78. The Bertz CT molecular complexity index is 503. The number of nitrogens with one attached hydrogen (secondary N) is 2. The van der Waals surface area contributed by atoms with Gasteiger partial charge >= 0.3 is 6.18 Å². The molecule has 0 saturated carbocycles. The molecule has 0 fully saturated rings. The predicted molar refractivity (Wildman–Crippen MR) is 63.8 cm³/mol. The molecule has 19 heavy (non-hydrogen) atoms. The van der Waals surface area contributed by atoms with Crippen LogP contribution in [0.4, 0.5) is 18.9 Å². The highest BCUT2D eigenvalue weighted by atomic mass is 35.5. The topological polar surface area (TPSA) is 58.2 Å². The molecule has 0 aliphatic carbocycles. The molecule has 0 aromatic heterocycles. The first-order valence-corrected chi connectivity index (χ1v) is 5.49. The van der Waals surface area contributed by atoms with Crippen molar-refractivity contribution < 1.29 is 22.8 Å². The molecule has 1 rings (SSSR count). The van der Waals surface area contributed by atoms with Crippen molar-refractivity contribution >= 4 is 29.1 Å². The Morgan fingerprint density at radius 2 is 1.95 bits per heavy atom. The van der Waals surface area contributed by atoms with Crippen LogP contribution in [0.1, 0.15) is 12.5 Å². The van der Waals surface area contributed by atoms with E-state index in [0.29, 0.717) is 0 Å². The lowest BCUT2D eigenvalue weighted by Gasteiger charge is -2.14. The number of hydrogen-bond donors (Lipinski definition) is 2. The molecule has 0 heterocycles. The predicted octanol–water partition coefficient (Wildman–Crippen LogP) is 2.43. The second-order valence-electron chi connectivity index (χ2n) is 3.65. The van der Waals surface area contributed by atoms with E-state index < -0.39 is 35.8 Å². The quantitative estimate of drug-likeness (QED) is 0.899. The molecule has 1 aromatic rings. The fraction of sp³-hybridized carbons (Fsp3) is 0.273. The zero-order valence-electron chi connectivity index (χ0n) is 9.77. The molecule has 0 radical (unpaired) electrons. The Hall–Kier alpha value is -1.76. The monoisotopic (exact) mass is 294 g/mol. The van der Waals surface area contributed by atoms with Crippen LogP contribution >= 0.6 is 11.6 Å². The molecule has 0 bridgehead atoms. The lowest BCUT2D eigenvalue weighted by Crippen LogP contribution is -2.31. The Labute approximate surface area is 111 Å². The van der Waals surface area contributed by atoms with E-state index in [4.69, 9.17) is 11.6 Å². The van der Waals surface area contributed by atoms with E-state index in [1.165, 1.54) is 13.0 Å². The summed E-state index contributed by atoms with van der Waals surface area (Å²) in [6, 6.07) is 3.00. The van der Waals surface area contributed by atoms with Crippen molar-refractivity contribution in [1.29, 1.82) is 0 Å². The first kappa shape index (κ1) is 15.3. The number of alkyl halides is 3. The van der Waals surface area contributed by atoms with Gasteiger partial charge in [-0.15, -0.1) is 0 Å². The lowest BCUT2D eigenvalue weighted by molar-refractivity contribution is -0.137. The maximum absolute atomic E-state index is 12.7. The number of hydrogen-bond acceptors (Lipinski definition) is 2. The van der Waals surface area contributed by atoms with E-state index in [9.17, 15) is 22.8 Å². The van der Waals surface area contributed by atoms with Crippen LogP contribution in [0, 0.1) is 0 Å². The maximum atomic E-state index is 12.7. The summed E-state index contributed by atoms with van der Waals surface area (Å²) in [5, 5.41) is 4.15. The average Bonchev–Trinajstić information content (AvgIpc) is 2.27. The Kier molecular flexibility index (Phi) is 4.77. The largest absolute Gasteiger partial charge is 0.418 e. The normalized spacial score (nSPS) is 11.0. The summed E-state index contributed by atoms with van der Waals surface area (Å²) in [4.78, 5) is 21.9. The van der Waals surface area contributed by atoms with Crippen molar-refractivity contribution in [2.75, 3.05) is 11.9 Å². The Morgan fingerprint density at radius 1 is 1.32 bits per heavy atom. The van der Waals surface area contributed by atoms with Crippen LogP contribution in [0.3, 0.4) is 0 Å². The molecule has 0 atom stereocenters. The molecule has 0 spiro atoms. The van der Waals surface area contributed by atoms with Crippen molar-refractivity contribution in [2.24, 2.45) is 0 Å². The molecule has 2 amide bonds. The van der Waals surface area contributed by atoms with Crippen molar-refractivity contribution in [2.45, 2.75) is 13.1 Å². The van der Waals surface area contributed by atoms with Gasteiger partial charge in [-0.05, 0) is 18.2 Å². The molecule has 0 aliphatic rings. The molecule has 104 valence electrons. The summed E-state index contributed by atoms with van der Waals surface area (Å²) in [5.74, 6) is -1.22. The molecule has 4 nitrogen and oxygen atoms in total. The first-order valence-electron chi connectivity index (χ1n) is 5.11. The number of halogens is 4. The van der Waals surface area contributed by atoms with Crippen LogP contribution in [0.15, 0.2) is 18.2 Å². The highest BCUT2D eigenvalue weighted by Crippen LogP contribution is 2.36. The van der Waals surface area contributed by atoms with Crippen molar-refractivity contribution in [1.82, 2.24) is 5.32 Å². The number of anilines is 1. The smallest absolute Gasteiger partial charge is 0.347 e. The second-order valence-corrected chi connectivity index (χ2v) is 4.08. The number of benzene rings is 1. The Balaban J connectivity index is 2.89. The highest BCUT2D eigenvalue weighted by molar-refractivity contribution is 6.30. The van der Waals surface area contributed by atoms with Gasteiger partial charge in [0.2, 0.25) is 11.8 Å². The van der Waals surface area contributed by atoms with E-state index in [0.717, 1.165) is 12.1 Å². The minimum absolute atomic E-state index is 0.0906. The zero-order chi connectivity index (χ0) is 14.6.